The van der Waals surface area contributed by atoms with E-state index in [1.807, 2.05) is 20.8 Å². The third-order valence-electron chi connectivity index (χ3n) is 2.53. The van der Waals surface area contributed by atoms with Gasteiger partial charge in [0.05, 0.1) is 16.6 Å². The van der Waals surface area contributed by atoms with E-state index < -0.39 is 10.9 Å². The van der Waals surface area contributed by atoms with Crippen LogP contribution in [0.1, 0.15) is 37.6 Å². The molecular formula is C13H17NO5. The zero-order valence-corrected chi connectivity index (χ0v) is 11.1. The predicted octanol–water partition coefficient (Wildman–Crippen LogP) is 3.11. The highest BCUT2D eigenvalue weighted by atomic mass is 16.6. The van der Waals surface area contributed by atoms with Gasteiger partial charge in [0.2, 0.25) is 0 Å². The molecule has 0 heterocycles. The lowest BCUT2D eigenvalue weighted by Crippen LogP contribution is -2.15. The lowest BCUT2D eigenvalue weighted by atomic mass is 10.1. The number of nitro groups is 1. The second-order valence-electron chi connectivity index (χ2n) is 4.80. The van der Waals surface area contributed by atoms with Crippen LogP contribution < -0.4 is 4.74 Å². The molecule has 6 heteroatoms. The maximum absolute atomic E-state index is 10.9. The number of carboxylic acids is 1. The highest BCUT2D eigenvalue weighted by molar-refractivity contribution is 5.88. The van der Waals surface area contributed by atoms with Crippen LogP contribution in [0, 0.1) is 16.0 Å². The maximum atomic E-state index is 10.9. The second kappa shape index (κ2) is 6.17. The molecule has 0 aliphatic heterocycles. The van der Waals surface area contributed by atoms with Gasteiger partial charge in [0.25, 0.3) is 0 Å². The minimum atomic E-state index is -1.20. The van der Waals surface area contributed by atoms with Gasteiger partial charge in [-0.2, -0.15) is 0 Å². The fourth-order valence-electron chi connectivity index (χ4n) is 1.82. The van der Waals surface area contributed by atoms with Crippen LogP contribution >= 0.6 is 0 Å². The third-order valence-corrected chi connectivity index (χ3v) is 2.53. The molecule has 0 radical (unpaired) electrons. The highest BCUT2D eigenvalue weighted by Gasteiger charge is 2.20. The molecule has 1 atom stereocenters. The quantitative estimate of drug-likeness (QED) is 0.631. The van der Waals surface area contributed by atoms with Crippen LogP contribution in [0.5, 0.6) is 5.75 Å². The molecule has 1 rings (SSSR count). The molecule has 0 amide bonds. The van der Waals surface area contributed by atoms with E-state index in [9.17, 15) is 14.9 Å². The number of benzene rings is 1. The molecular weight excluding hydrogens is 250 g/mol. The van der Waals surface area contributed by atoms with Crippen molar-refractivity contribution in [3.8, 4) is 5.75 Å². The molecule has 0 fully saturated rings. The van der Waals surface area contributed by atoms with Crippen LogP contribution in [0.4, 0.5) is 5.69 Å². The van der Waals surface area contributed by atoms with Crippen molar-refractivity contribution in [3.05, 3.63) is 33.9 Å². The molecule has 1 aromatic rings. The lowest BCUT2D eigenvalue weighted by Gasteiger charge is -2.16. The summed E-state index contributed by atoms with van der Waals surface area (Å²) in [7, 11) is 0. The zero-order chi connectivity index (χ0) is 14.6. The summed E-state index contributed by atoms with van der Waals surface area (Å²) < 4.78 is 5.52. The van der Waals surface area contributed by atoms with Gasteiger partial charge in [0.15, 0.2) is 5.75 Å². The van der Waals surface area contributed by atoms with Gasteiger partial charge in [-0.15, -0.1) is 0 Å². The van der Waals surface area contributed by atoms with Gasteiger partial charge < -0.3 is 9.84 Å². The Balaban J connectivity index is 3.00. The van der Waals surface area contributed by atoms with Gasteiger partial charge in [-0.1, -0.05) is 13.8 Å². The predicted molar refractivity (Wildman–Crippen MR) is 69.6 cm³/mol. The SMILES string of the molecule is CC(C)CC(C)Oc1ccc(C(=O)O)cc1[N+](=O)[O-]. The molecule has 0 saturated heterocycles. The van der Waals surface area contributed by atoms with Crippen molar-refractivity contribution in [2.45, 2.75) is 33.3 Å². The number of ether oxygens (including phenoxy) is 1. The average Bonchev–Trinajstić information content (AvgIpc) is 2.27. The van der Waals surface area contributed by atoms with E-state index in [1.54, 1.807) is 0 Å². The van der Waals surface area contributed by atoms with E-state index in [4.69, 9.17) is 9.84 Å². The first-order valence-electron chi connectivity index (χ1n) is 5.99. The molecule has 0 aliphatic carbocycles. The summed E-state index contributed by atoms with van der Waals surface area (Å²) >= 11 is 0. The van der Waals surface area contributed by atoms with E-state index in [2.05, 4.69) is 0 Å². The largest absolute Gasteiger partial charge is 0.484 e. The first kappa shape index (κ1) is 14.9. The van der Waals surface area contributed by atoms with Crippen molar-refractivity contribution in [2.24, 2.45) is 5.92 Å². The Bertz CT molecular complexity index is 484. The zero-order valence-electron chi connectivity index (χ0n) is 11.1. The van der Waals surface area contributed by atoms with E-state index >= 15 is 0 Å². The van der Waals surface area contributed by atoms with Crippen LogP contribution in [-0.4, -0.2) is 22.1 Å². The van der Waals surface area contributed by atoms with E-state index in [-0.39, 0.29) is 23.1 Å². The molecule has 0 aromatic heterocycles. The molecule has 0 aliphatic rings. The standard InChI is InChI=1S/C13H17NO5/c1-8(2)6-9(3)19-12-5-4-10(13(15)16)7-11(12)14(17)18/h4-5,7-9H,6H2,1-3H3,(H,15,16). The lowest BCUT2D eigenvalue weighted by molar-refractivity contribution is -0.386. The van der Waals surface area contributed by atoms with E-state index in [0.29, 0.717) is 5.92 Å². The molecule has 6 nitrogen and oxygen atoms in total. The Morgan fingerprint density at radius 2 is 2.05 bits per heavy atom. The van der Waals surface area contributed by atoms with Gasteiger partial charge in [-0.25, -0.2) is 4.79 Å². The van der Waals surface area contributed by atoms with Crippen LogP contribution in [-0.2, 0) is 0 Å². The third kappa shape index (κ3) is 4.24. The van der Waals surface area contributed by atoms with Crippen LogP contribution in [0.3, 0.4) is 0 Å². The van der Waals surface area contributed by atoms with E-state index in [0.717, 1.165) is 12.5 Å². The Kier molecular flexibility index (Phi) is 4.86. The topological polar surface area (TPSA) is 89.7 Å². The molecule has 1 N–H and O–H groups in total. The molecule has 0 spiro atoms. The number of hydrogen-bond acceptors (Lipinski definition) is 4. The van der Waals surface area contributed by atoms with Gasteiger partial charge in [-0.3, -0.25) is 10.1 Å². The Hall–Kier alpha value is -2.11. The fraction of sp³-hybridized carbons (Fsp3) is 0.462. The number of carbonyl (C=O) groups is 1. The number of nitro benzene ring substituents is 1. The van der Waals surface area contributed by atoms with Crippen molar-refractivity contribution in [1.82, 2.24) is 0 Å². The van der Waals surface area contributed by atoms with Crippen LogP contribution in [0.25, 0.3) is 0 Å². The van der Waals surface area contributed by atoms with Gasteiger partial charge in [-0.05, 0) is 31.4 Å². The highest BCUT2D eigenvalue weighted by Crippen LogP contribution is 2.29. The monoisotopic (exact) mass is 267 g/mol. The van der Waals surface area contributed by atoms with Crippen LogP contribution in [0.15, 0.2) is 18.2 Å². The summed E-state index contributed by atoms with van der Waals surface area (Å²) in [6.45, 7) is 5.89. The summed E-state index contributed by atoms with van der Waals surface area (Å²) in [6, 6.07) is 3.64. The molecule has 0 saturated carbocycles. The first-order chi connectivity index (χ1) is 8.81. The fourth-order valence-corrected chi connectivity index (χ4v) is 1.82. The number of aromatic carboxylic acids is 1. The summed E-state index contributed by atoms with van der Waals surface area (Å²) in [4.78, 5) is 21.1. The normalized spacial score (nSPS) is 12.2. The summed E-state index contributed by atoms with van der Waals surface area (Å²) in [5.41, 5.74) is -0.453. The average molecular weight is 267 g/mol. The first-order valence-corrected chi connectivity index (χ1v) is 5.99. The van der Waals surface area contributed by atoms with Gasteiger partial charge >= 0.3 is 11.7 Å². The maximum Gasteiger partial charge on any atom is 0.335 e. The smallest absolute Gasteiger partial charge is 0.335 e. The summed E-state index contributed by atoms with van der Waals surface area (Å²) in [6.07, 6.45) is 0.590. The summed E-state index contributed by atoms with van der Waals surface area (Å²) in [5.74, 6) is -0.694. The molecule has 0 bridgehead atoms. The second-order valence-corrected chi connectivity index (χ2v) is 4.80. The number of nitrogens with zero attached hydrogens (tertiary/aromatic N) is 1. The number of hydrogen-bond donors (Lipinski definition) is 1. The molecule has 19 heavy (non-hydrogen) atoms. The van der Waals surface area contributed by atoms with Gasteiger partial charge in [0.1, 0.15) is 0 Å². The Morgan fingerprint density at radius 1 is 1.42 bits per heavy atom. The minimum Gasteiger partial charge on any atom is -0.484 e. The minimum absolute atomic E-state index is 0.100. The van der Waals surface area contributed by atoms with E-state index in [1.165, 1.54) is 12.1 Å². The van der Waals surface area contributed by atoms with Crippen LogP contribution in [0.2, 0.25) is 0 Å². The molecule has 1 unspecified atom stereocenters. The number of carboxylic acid groups (broad SMARTS) is 1. The number of rotatable bonds is 6. The van der Waals surface area contributed by atoms with Crippen molar-refractivity contribution in [2.75, 3.05) is 0 Å². The van der Waals surface area contributed by atoms with Crippen molar-refractivity contribution >= 4 is 11.7 Å². The Morgan fingerprint density at radius 3 is 2.53 bits per heavy atom. The van der Waals surface area contributed by atoms with Crippen molar-refractivity contribution in [1.29, 1.82) is 0 Å². The Labute approximate surface area is 111 Å². The molecule has 1 aromatic carbocycles. The van der Waals surface area contributed by atoms with Crippen molar-refractivity contribution in [3.63, 3.8) is 0 Å². The van der Waals surface area contributed by atoms with Crippen molar-refractivity contribution < 1.29 is 19.6 Å². The summed E-state index contributed by atoms with van der Waals surface area (Å²) in [5, 5.41) is 19.8. The molecule has 104 valence electrons. The van der Waals surface area contributed by atoms with Gasteiger partial charge in [0, 0.05) is 6.07 Å².